The Bertz CT molecular complexity index is 1380. The molecule has 33 heavy (non-hydrogen) atoms. The number of hydrogen-bond acceptors (Lipinski definition) is 7. The molecule has 0 unspecified atom stereocenters. The zero-order valence-corrected chi connectivity index (χ0v) is 19.2. The van der Waals surface area contributed by atoms with Crippen molar-refractivity contribution in [3.63, 3.8) is 0 Å². The molecule has 4 heterocycles. The summed E-state index contributed by atoms with van der Waals surface area (Å²) in [6.45, 7) is 1.40. The molecule has 0 saturated carbocycles. The zero-order valence-electron chi connectivity index (χ0n) is 17.5. The first-order valence-electron chi connectivity index (χ1n) is 10.3. The van der Waals surface area contributed by atoms with Crippen LogP contribution in [0, 0.1) is 0 Å². The molecule has 9 nitrogen and oxygen atoms in total. The van der Waals surface area contributed by atoms with Gasteiger partial charge in [-0.05, 0) is 30.3 Å². The number of benzene rings is 1. The predicted molar refractivity (Wildman–Crippen MR) is 124 cm³/mol. The van der Waals surface area contributed by atoms with E-state index in [0.717, 1.165) is 5.69 Å². The van der Waals surface area contributed by atoms with E-state index in [1.54, 1.807) is 53.0 Å². The van der Waals surface area contributed by atoms with E-state index in [1.807, 2.05) is 5.38 Å². The van der Waals surface area contributed by atoms with Gasteiger partial charge in [0.15, 0.2) is 0 Å². The van der Waals surface area contributed by atoms with E-state index >= 15 is 0 Å². The molecule has 11 heteroatoms. The average molecular weight is 484 g/mol. The van der Waals surface area contributed by atoms with Crippen molar-refractivity contribution in [3.05, 3.63) is 70.9 Å². The lowest BCUT2D eigenvalue weighted by molar-refractivity contribution is 0.0697. The number of thiazole rings is 1. The molecule has 170 valence electrons. The van der Waals surface area contributed by atoms with E-state index in [1.165, 1.54) is 21.8 Å². The maximum absolute atomic E-state index is 13.2. The average Bonchev–Trinajstić information content (AvgIpc) is 3.53. The number of aromatic nitrogens is 3. The van der Waals surface area contributed by atoms with Crippen LogP contribution in [0.5, 0.6) is 5.75 Å². The van der Waals surface area contributed by atoms with Crippen molar-refractivity contribution in [1.82, 2.24) is 24.2 Å². The van der Waals surface area contributed by atoms with Gasteiger partial charge in [-0.1, -0.05) is 6.07 Å². The van der Waals surface area contributed by atoms with E-state index in [4.69, 9.17) is 4.74 Å². The van der Waals surface area contributed by atoms with Gasteiger partial charge >= 0.3 is 0 Å². The van der Waals surface area contributed by atoms with E-state index in [0.29, 0.717) is 42.0 Å². The number of piperazine rings is 1. The Labute approximate surface area is 194 Å². The fraction of sp³-hybridized carbons (Fsp3) is 0.227. The molecule has 3 aromatic heterocycles. The van der Waals surface area contributed by atoms with Crippen molar-refractivity contribution in [1.29, 1.82) is 0 Å². The largest absolute Gasteiger partial charge is 0.487 e. The number of amides is 1. The summed E-state index contributed by atoms with van der Waals surface area (Å²) in [5.41, 5.74) is 3.61. The van der Waals surface area contributed by atoms with Gasteiger partial charge in [-0.15, -0.1) is 11.3 Å². The lowest BCUT2D eigenvalue weighted by Gasteiger charge is -2.34. The molecule has 0 radical (unpaired) electrons. The lowest BCUT2D eigenvalue weighted by Crippen LogP contribution is -2.50. The quantitative estimate of drug-likeness (QED) is 0.452. The minimum atomic E-state index is -3.70. The molecule has 1 amide bonds. The van der Waals surface area contributed by atoms with Crippen molar-refractivity contribution in [2.24, 2.45) is 0 Å². The Morgan fingerprint density at radius 3 is 2.76 bits per heavy atom. The topological polar surface area (TPSA) is 108 Å². The summed E-state index contributed by atoms with van der Waals surface area (Å²) in [6.07, 6.45) is 3.08. The van der Waals surface area contributed by atoms with Crippen molar-refractivity contribution in [2.75, 3.05) is 26.2 Å². The van der Waals surface area contributed by atoms with E-state index < -0.39 is 10.0 Å². The highest BCUT2D eigenvalue weighted by atomic mass is 32.2. The Balaban J connectivity index is 1.24. The third-order valence-corrected chi connectivity index (χ3v) is 8.08. The number of fused-ring (bicyclic) bond motifs is 1. The van der Waals surface area contributed by atoms with Crippen molar-refractivity contribution in [3.8, 4) is 5.75 Å². The SMILES string of the molecule is O=C(c1cccc(OCc2cscn2)c1)N1CCN(S(=O)(=O)c2c[nH]c3ncccc23)CC1. The molecule has 0 spiro atoms. The summed E-state index contributed by atoms with van der Waals surface area (Å²) in [4.78, 5) is 26.1. The second kappa shape index (κ2) is 8.93. The number of carbonyl (C=O) groups excluding carboxylic acids is 1. The smallest absolute Gasteiger partial charge is 0.254 e. The zero-order chi connectivity index (χ0) is 22.8. The molecular formula is C22H21N5O4S2. The standard InChI is InChI=1S/C22H21N5O4S2/c28-22(16-3-1-4-18(11-16)31-13-17-14-32-15-25-17)26-7-9-27(10-8-26)33(29,30)20-12-24-21-19(20)5-2-6-23-21/h1-6,11-12,14-15H,7-10,13H2,(H,23,24). The first-order chi connectivity index (χ1) is 16.0. The summed E-state index contributed by atoms with van der Waals surface area (Å²) in [5, 5.41) is 2.47. The van der Waals surface area contributed by atoms with E-state index in [-0.39, 0.29) is 23.9 Å². The van der Waals surface area contributed by atoms with E-state index in [9.17, 15) is 13.2 Å². The lowest BCUT2D eigenvalue weighted by atomic mass is 10.1. The van der Waals surface area contributed by atoms with E-state index in [2.05, 4.69) is 15.0 Å². The molecular weight excluding hydrogens is 462 g/mol. The molecule has 5 rings (SSSR count). The number of pyridine rings is 1. The summed E-state index contributed by atoms with van der Waals surface area (Å²) in [6, 6.07) is 10.4. The fourth-order valence-corrected chi connectivity index (χ4v) is 5.90. The Kier molecular flexibility index (Phi) is 5.83. The molecule has 1 N–H and O–H groups in total. The third-order valence-electron chi connectivity index (χ3n) is 5.51. The van der Waals surface area contributed by atoms with Gasteiger partial charge in [0.25, 0.3) is 5.91 Å². The molecule has 0 atom stereocenters. The normalized spacial score (nSPS) is 15.1. The minimum Gasteiger partial charge on any atom is -0.487 e. The van der Waals surface area contributed by atoms with Crippen LogP contribution in [-0.4, -0.2) is 64.7 Å². The molecule has 4 aromatic rings. The van der Waals surface area contributed by atoms with Gasteiger partial charge in [0, 0.05) is 54.9 Å². The van der Waals surface area contributed by atoms with Gasteiger partial charge in [-0.2, -0.15) is 4.31 Å². The van der Waals surface area contributed by atoms with Gasteiger partial charge in [0.1, 0.15) is 22.9 Å². The number of ether oxygens (including phenoxy) is 1. The molecule has 1 fully saturated rings. The van der Waals surface area contributed by atoms with Gasteiger partial charge in [-0.25, -0.2) is 18.4 Å². The number of carbonyl (C=O) groups is 1. The van der Waals surface area contributed by atoms with Crippen LogP contribution in [0.15, 0.2) is 64.6 Å². The Hall–Kier alpha value is -3.28. The van der Waals surface area contributed by atoms with Crippen molar-refractivity contribution < 1.29 is 17.9 Å². The number of hydrogen-bond donors (Lipinski definition) is 1. The van der Waals surface area contributed by atoms with Crippen molar-refractivity contribution in [2.45, 2.75) is 11.5 Å². The van der Waals surface area contributed by atoms with Crippen LogP contribution in [0.3, 0.4) is 0 Å². The minimum absolute atomic E-state index is 0.151. The highest BCUT2D eigenvalue weighted by Gasteiger charge is 2.32. The molecule has 0 aliphatic carbocycles. The molecule has 0 bridgehead atoms. The predicted octanol–water partition coefficient (Wildman–Crippen LogP) is 2.75. The first-order valence-corrected chi connectivity index (χ1v) is 12.7. The van der Waals surface area contributed by atoms with Gasteiger partial charge in [-0.3, -0.25) is 4.79 Å². The molecule has 1 aliphatic rings. The van der Waals surface area contributed by atoms with Crippen LogP contribution in [0.4, 0.5) is 0 Å². The Morgan fingerprint density at radius 1 is 1.12 bits per heavy atom. The number of nitrogens with one attached hydrogen (secondary N) is 1. The van der Waals surface area contributed by atoms with Crippen LogP contribution in [0.1, 0.15) is 16.1 Å². The van der Waals surface area contributed by atoms with Crippen LogP contribution >= 0.6 is 11.3 Å². The van der Waals surface area contributed by atoms with Gasteiger partial charge in [0.05, 0.1) is 11.2 Å². The van der Waals surface area contributed by atoms with Crippen LogP contribution in [0.2, 0.25) is 0 Å². The monoisotopic (exact) mass is 483 g/mol. The maximum Gasteiger partial charge on any atom is 0.254 e. The van der Waals surface area contributed by atoms with Crippen molar-refractivity contribution >= 4 is 38.3 Å². The number of nitrogens with zero attached hydrogens (tertiary/aromatic N) is 4. The number of H-pyrrole nitrogens is 1. The summed E-state index contributed by atoms with van der Waals surface area (Å²) in [7, 11) is -3.70. The van der Waals surface area contributed by atoms with Crippen LogP contribution in [-0.2, 0) is 16.6 Å². The van der Waals surface area contributed by atoms with Crippen LogP contribution in [0.25, 0.3) is 11.0 Å². The number of sulfonamides is 1. The second-order valence-electron chi connectivity index (χ2n) is 7.55. The summed E-state index contributed by atoms with van der Waals surface area (Å²) < 4.78 is 33.5. The number of rotatable bonds is 6. The van der Waals surface area contributed by atoms with Gasteiger partial charge < -0.3 is 14.6 Å². The third kappa shape index (κ3) is 4.34. The molecule has 1 aliphatic heterocycles. The molecule has 1 aromatic carbocycles. The Morgan fingerprint density at radius 2 is 1.97 bits per heavy atom. The second-order valence-corrected chi connectivity index (χ2v) is 10.2. The summed E-state index contributed by atoms with van der Waals surface area (Å²) >= 11 is 1.50. The summed E-state index contributed by atoms with van der Waals surface area (Å²) in [5.74, 6) is 0.436. The highest BCUT2D eigenvalue weighted by Crippen LogP contribution is 2.25. The fourth-order valence-electron chi connectivity index (χ4n) is 3.78. The van der Waals surface area contributed by atoms with Crippen LogP contribution < -0.4 is 4.74 Å². The maximum atomic E-state index is 13.2. The highest BCUT2D eigenvalue weighted by molar-refractivity contribution is 7.89. The first kappa shape index (κ1) is 21.6. The number of aromatic amines is 1. The van der Waals surface area contributed by atoms with Gasteiger partial charge in [0.2, 0.25) is 10.0 Å². The molecule has 1 saturated heterocycles.